The monoisotopic (exact) mass is 558 g/mol. The number of rotatable bonds is 5. The Kier molecular flexibility index (Phi) is 7.53. The molecule has 4 rings (SSSR count). The van der Waals surface area contributed by atoms with E-state index >= 15 is 0 Å². The highest BCUT2D eigenvalue weighted by Gasteiger charge is 2.33. The fourth-order valence-electron chi connectivity index (χ4n) is 4.52. The summed E-state index contributed by atoms with van der Waals surface area (Å²) in [5, 5.41) is 1.68. The molecular weight excluding hydrogens is 534 g/mol. The maximum Gasteiger partial charge on any atom is 0.0639 e. The lowest BCUT2D eigenvalue weighted by Crippen LogP contribution is -2.17. The van der Waals surface area contributed by atoms with E-state index in [1.54, 1.807) is 24.3 Å². The van der Waals surface area contributed by atoms with E-state index in [4.69, 9.17) is 69.3 Å². The van der Waals surface area contributed by atoms with Crippen molar-refractivity contribution < 1.29 is 0 Å². The van der Waals surface area contributed by atoms with Gasteiger partial charge in [0.25, 0.3) is 0 Å². The first-order valence-electron chi connectivity index (χ1n) is 11.2. The molecule has 0 spiro atoms. The number of halogens is 4. The minimum absolute atomic E-state index is 0.266. The number of hydrogen-bond donors (Lipinski definition) is 4. The zero-order valence-electron chi connectivity index (χ0n) is 19.7. The number of aryl methyl sites for hydroxylation is 2. The summed E-state index contributed by atoms with van der Waals surface area (Å²) in [6.07, 6.45) is 0. The Bertz CT molecular complexity index is 1360. The van der Waals surface area contributed by atoms with Crippen molar-refractivity contribution in [1.82, 2.24) is 0 Å². The van der Waals surface area contributed by atoms with Gasteiger partial charge in [-0.15, -0.1) is 0 Å². The normalized spacial score (nSPS) is 11.4. The zero-order chi connectivity index (χ0) is 26.3. The van der Waals surface area contributed by atoms with Crippen molar-refractivity contribution in [2.75, 3.05) is 22.9 Å². The third-order valence-electron chi connectivity index (χ3n) is 6.54. The van der Waals surface area contributed by atoms with E-state index in [0.717, 1.165) is 33.4 Å². The minimum Gasteiger partial charge on any atom is -0.399 e. The molecule has 4 nitrogen and oxygen atoms in total. The van der Waals surface area contributed by atoms with E-state index in [0.29, 0.717) is 42.8 Å². The van der Waals surface area contributed by atoms with Gasteiger partial charge in [0.2, 0.25) is 0 Å². The van der Waals surface area contributed by atoms with Gasteiger partial charge in [-0.1, -0.05) is 70.7 Å². The van der Waals surface area contributed by atoms with Gasteiger partial charge < -0.3 is 22.9 Å². The molecule has 8 N–H and O–H groups in total. The summed E-state index contributed by atoms with van der Waals surface area (Å²) in [5.74, 6) is -0.676. The lowest BCUT2D eigenvalue weighted by molar-refractivity contribution is 0.693. The van der Waals surface area contributed by atoms with Gasteiger partial charge >= 0.3 is 0 Å². The fraction of sp³-hybridized carbons (Fsp3) is 0.143. The highest BCUT2D eigenvalue weighted by atomic mass is 35.5. The molecule has 0 fully saturated rings. The highest BCUT2D eigenvalue weighted by Crippen LogP contribution is 2.49. The van der Waals surface area contributed by atoms with Gasteiger partial charge in [-0.3, -0.25) is 0 Å². The highest BCUT2D eigenvalue weighted by molar-refractivity contribution is 6.36. The molecule has 0 aliphatic carbocycles. The van der Waals surface area contributed by atoms with Crippen LogP contribution in [0.15, 0.2) is 60.7 Å². The number of benzene rings is 4. The summed E-state index contributed by atoms with van der Waals surface area (Å²) in [4.78, 5) is 0. The van der Waals surface area contributed by atoms with Crippen molar-refractivity contribution in [2.45, 2.75) is 25.7 Å². The van der Waals surface area contributed by atoms with Crippen LogP contribution in [-0.2, 0) is 0 Å². The van der Waals surface area contributed by atoms with Crippen LogP contribution in [-0.4, -0.2) is 0 Å². The van der Waals surface area contributed by atoms with E-state index < -0.39 is 5.92 Å². The molecule has 0 saturated carbocycles. The van der Waals surface area contributed by atoms with E-state index in [2.05, 4.69) is 12.1 Å². The molecule has 186 valence electrons. The Hall–Kier alpha value is -2.76. The van der Waals surface area contributed by atoms with Crippen LogP contribution >= 0.6 is 46.4 Å². The number of anilines is 4. The quantitative estimate of drug-likeness (QED) is 0.185. The van der Waals surface area contributed by atoms with Crippen molar-refractivity contribution in [3.05, 3.63) is 114 Å². The van der Waals surface area contributed by atoms with Crippen LogP contribution in [0.5, 0.6) is 0 Å². The fourth-order valence-corrected chi connectivity index (χ4v) is 5.44. The third kappa shape index (κ3) is 5.05. The first kappa shape index (κ1) is 26.3. The molecule has 0 saturated heterocycles. The first-order chi connectivity index (χ1) is 17.0. The summed E-state index contributed by atoms with van der Waals surface area (Å²) in [6.45, 7) is 3.94. The van der Waals surface area contributed by atoms with Crippen molar-refractivity contribution in [2.24, 2.45) is 0 Å². The van der Waals surface area contributed by atoms with Gasteiger partial charge in [0.05, 0.1) is 21.4 Å². The predicted octanol–water partition coefficient (Wildman–Crippen LogP) is 8.21. The smallest absolute Gasteiger partial charge is 0.0639 e. The first-order valence-corrected chi connectivity index (χ1v) is 12.7. The molecule has 0 unspecified atom stereocenters. The standard InChI is InChI=1S/C28H26Cl4N4/c1-13-7-15(3-5-23(13)33)27(16-4-6-24(34)14(2)8-16)28(17-9-21(31)25(35)11-19(17)29)18-10-22(32)26(36)12-20(18)30/h3-12,27-28H,33-36H2,1-2H3. The zero-order valence-corrected chi connectivity index (χ0v) is 22.8. The van der Waals surface area contributed by atoms with Gasteiger partial charge in [-0.25, -0.2) is 0 Å². The Labute approximate surface area is 231 Å². The maximum absolute atomic E-state index is 6.82. The van der Waals surface area contributed by atoms with E-state index in [-0.39, 0.29) is 5.92 Å². The molecule has 8 heteroatoms. The van der Waals surface area contributed by atoms with E-state index in [9.17, 15) is 0 Å². The van der Waals surface area contributed by atoms with Crippen molar-refractivity contribution in [3.8, 4) is 0 Å². The summed E-state index contributed by atoms with van der Waals surface area (Å²) in [7, 11) is 0. The topological polar surface area (TPSA) is 104 Å². The van der Waals surface area contributed by atoms with Crippen LogP contribution in [0.25, 0.3) is 0 Å². The Balaban J connectivity index is 2.11. The van der Waals surface area contributed by atoms with Crippen molar-refractivity contribution in [1.29, 1.82) is 0 Å². The SMILES string of the molecule is Cc1cc(C(c2ccc(N)c(C)c2)C(c2cc(Cl)c(N)cc2Cl)c2cc(Cl)c(N)cc2Cl)ccc1N. The van der Waals surface area contributed by atoms with Crippen LogP contribution in [0.1, 0.15) is 45.2 Å². The molecule has 0 radical (unpaired) electrons. The summed E-state index contributed by atoms with van der Waals surface area (Å²) in [5.41, 5.74) is 32.0. The van der Waals surface area contributed by atoms with Crippen molar-refractivity contribution >= 4 is 69.2 Å². The second-order valence-electron chi connectivity index (χ2n) is 8.98. The average molecular weight is 560 g/mol. The van der Waals surface area contributed by atoms with Gasteiger partial charge in [-0.05, 0) is 83.6 Å². The second-order valence-corrected chi connectivity index (χ2v) is 10.6. The summed E-state index contributed by atoms with van der Waals surface area (Å²) in [6, 6.07) is 18.8. The molecule has 0 aromatic heterocycles. The van der Waals surface area contributed by atoms with Gasteiger partial charge in [0, 0.05) is 33.3 Å². The predicted molar refractivity (Wildman–Crippen MR) is 157 cm³/mol. The number of nitrogens with two attached hydrogens (primary N) is 4. The molecule has 36 heavy (non-hydrogen) atoms. The van der Waals surface area contributed by atoms with E-state index in [1.807, 2.05) is 38.1 Å². The van der Waals surface area contributed by atoms with E-state index in [1.165, 1.54) is 0 Å². The number of hydrogen-bond acceptors (Lipinski definition) is 4. The summed E-state index contributed by atoms with van der Waals surface area (Å²) < 4.78 is 0. The largest absolute Gasteiger partial charge is 0.399 e. The molecular formula is C28H26Cl4N4. The average Bonchev–Trinajstić information content (AvgIpc) is 2.81. The lowest BCUT2D eigenvalue weighted by atomic mass is 9.73. The van der Waals surface area contributed by atoms with Crippen LogP contribution in [0, 0.1) is 13.8 Å². The lowest BCUT2D eigenvalue weighted by Gasteiger charge is -2.32. The molecule has 0 atom stereocenters. The van der Waals surface area contributed by atoms with Gasteiger partial charge in [0.1, 0.15) is 0 Å². The minimum atomic E-state index is -0.410. The van der Waals surface area contributed by atoms with Crippen LogP contribution in [0.3, 0.4) is 0 Å². The molecule has 0 aliphatic heterocycles. The van der Waals surface area contributed by atoms with Gasteiger partial charge in [-0.2, -0.15) is 0 Å². The van der Waals surface area contributed by atoms with Crippen LogP contribution < -0.4 is 22.9 Å². The molecule has 0 bridgehead atoms. The third-order valence-corrected chi connectivity index (χ3v) is 7.85. The Morgan fingerprint density at radius 2 is 0.861 bits per heavy atom. The molecule has 0 aliphatic rings. The molecule has 0 amide bonds. The Morgan fingerprint density at radius 1 is 0.472 bits per heavy atom. The van der Waals surface area contributed by atoms with Crippen molar-refractivity contribution in [3.63, 3.8) is 0 Å². The number of nitrogen functional groups attached to an aromatic ring is 4. The molecule has 4 aromatic carbocycles. The van der Waals surface area contributed by atoms with Gasteiger partial charge in [0.15, 0.2) is 0 Å². The molecule has 0 heterocycles. The Morgan fingerprint density at radius 3 is 1.22 bits per heavy atom. The van der Waals surface area contributed by atoms with Crippen LogP contribution in [0.2, 0.25) is 20.1 Å². The molecule has 4 aromatic rings. The van der Waals surface area contributed by atoms with Crippen LogP contribution in [0.4, 0.5) is 22.7 Å². The maximum atomic E-state index is 6.82. The second kappa shape index (κ2) is 10.3. The summed E-state index contributed by atoms with van der Waals surface area (Å²) >= 11 is 26.7.